The minimum Gasteiger partial charge on any atom is -0.478 e. The van der Waals surface area contributed by atoms with Crippen LogP contribution in [0.4, 0.5) is 15.9 Å². The third kappa shape index (κ3) is 3.28. The van der Waals surface area contributed by atoms with E-state index in [2.05, 4.69) is 22.2 Å². The maximum Gasteiger partial charge on any atom is 0.338 e. The molecule has 2 N–H and O–H groups in total. The summed E-state index contributed by atoms with van der Waals surface area (Å²) in [6.07, 6.45) is 3.25. The monoisotopic (exact) mass is 275 g/mol. The Kier molecular flexibility index (Phi) is 4.24. The highest BCUT2D eigenvalue weighted by Gasteiger charge is 2.10. The number of carboxylic acid groups (broad SMARTS) is 1. The molecule has 2 rings (SSSR count). The average Bonchev–Trinajstić information content (AvgIpc) is 2.39. The van der Waals surface area contributed by atoms with Gasteiger partial charge in [-0.05, 0) is 24.6 Å². The number of rotatable bonds is 5. The molecule has 1 aromatic carbocycles. The van der Waals surface area contributed by atoms with Crippen LogP contribution in [-0.4, -0.2) is 21.0 Å². The number of anilines is 2. The molecule has 0 aliphatic rings. The molecule has 1 heterocycles. The summed E-state index contributed by atoms with van der Waals surface area (Å²) in [4.78, 5) is 18.9. The number of halogens is 1. The molecule has 0 unspecified atom stereocenters. The molecule has 0 fully saturated rings. The predicted octanol–water partition coefficient (Wildman–Crippen LogP) is 3.01. The van der Waals surface area contributed by atoms with Crippen LogP contribution in [0.1, 0.15) is 29.4 Å². The second-order valence-corrected chi connectivity index (χ2v) is 4.27. The predicted molar refractivity (Wildman–Crippen MR) is 72.7 cm³/mol. The van der Waals surface area contributed by atoms with Gasteiger partial charge in [0.25, 0.3) is 0 Å². The molecule has 104 valence electrons. The summed E-state index contributed by atoms with van der Waals surface area (Å²) in [6.45, 7) is 2.05. The number of aromatic nitrogens is 2. The Morgan fingerprint density at radius 1 is 1.35 bits per heavy atom. The zero-order valence-electron chi connectivity index (χ0n) is 10.9. The maximum absolute atomic E-state index is 13.6. The fourth-order valence-corrected chi connectivity index (χ4v) is 1.77. The summed E-state index contributed by atoms with van der Waals surface area (Å²) in [6, 6.07) is 5.62. The van der Waals surface area contributed by atoms with Crippen LogP contribution in [0, 0.1) is 5.82 Å². The van der Waals surface area contributed by atoms with Gasteiger partial charge < -0.3 is 10.4 Å². The van der Waals surface area contributed by atoms with E-state index in [1.165, 1.54) is 18.5 Å². The van der Waals surface area contributed by atoms with Crippen molar-refractivity contribution in [1.82, 2.24) is 9.97 Å². The van der Waals surface area contributed by atoms with E-state index >= 15 is 0 Å². The van der Waals surface area contributed by atoms with Crippen LogP contribution >= 0.6 is 0 Å². The van der Waals surface area contributed by atoms with Crippen LogP contribution < -0.4 is 5.32 Å². The first-order valence-electron chi connectivity index (χ1n) is 6.21. The molecule has 2 aromatic rings. The number of nitrogens with zero attached hydrogens (tertiary/aromatic N) is 2. The van der Waals surface area contributed by atoms with Crippen molar-refractivity contribution in [1.29, 1.82) is 0 Å². The highest BCUT2D eigenvalue weighted by Crippen LogP contribution is 2.18. The number of hydrogen-bond acceptors (Lipinski definition) is 4. The van der Waals surface area contributed by atoms with Crippen molar-refractivity contribution in [2.45, 2.75) is 19.8 Å². The van der Waals surface area contributed by atoms with Crippen LogP contribution in [0.15, 0.2) is 30.6 Å². The molecule has 20 heavy (non-hydrogen) atoms. The van der Waals surface area contributed by atoms with Gasteiger partial charge in [0.15, 0.2) is 0 Å². The van der Waals surface area contributed by atoms with Crippen LogP contribution in [-0.2, 0) is 6.42 Å². The summed E-state index contributed by atoms with van der Waals surface area (Å²) in [7, 11) is 0. The molecule has 0 saturated carbocycles. The maximum atomic E-state index is 13.6. The van der Waals surface area contributed by atoms with Crippen molar-refractivity contribution in [3.8, 4) is 0 Å². The fraction of sp³-hybridized carbons (Fsp3) is 0.214. The summed E-state index contributed by atoms with van der Waals surface area (Å²) < 4.78 is 13.6. The third-order valence-corrected chi connectivity index (χ3v) is 2.70. The average molecular weight is 275 g/mol. The van der Waals surface area contributed by atoms with Gasteiger partial charge in [-0.1, -0.05) is 13.3 Å². The van der Waals surface area contributed by atoms with Crippen molar-refractivity contribution in [3.63, 3.8) is 0 Å². The third-order valence-electron chi connectivity index (χ3n) is 2.70. The fourth-order valence-electron chi connectivity index (χ4n) is 1.77. The number of carboxylic acids is 1. The Labute approximate surface area is 115 Å². The summed E-state index contributed by atoms with van der Waals surface area (Å²) in [5.41, 5.74) is 0.978. The summed E-state index contributed by atoms with van der Waals surface area (Å²) in [5.74, 6) is -1.53. The lowest BCUT2D eigenvalue weighted by atomic mass is 10.2. The van der Waals surface area contributed by atoms with Gasteiger partial charge in [0.05, 0.1) is 5.56 Å². The molecular weight excluding hydrogens is 261 g/mol. The van der Waals surface area contributed by atoms with Crippen molar-refractivity contribution < 1.29 is 14.3 Å². The van der Waals surface area contributed by atoms with Gasteiger partial charge in [0.1, 0.15) is 18.0 Å². The quantitative estimate of drug-likeness (QED) is 0.877. The van der Waals surface area contributed by atoms with E-state index in [9.17, 15) is 9.18 Å². The molecule has 0 bridgehead atoms. The first-order chi connectivity index (χ1) is 9.60. The molecule has 0 spiro atoms. The number of benzene rings is 1. The topological polar surface area (TPSA) is 75.1 Å². The molecule has 6 heteroatoms. The van der Waals surface area contributed by atoms with Gasteiger partial charge in [-0.3, -0.25) is 0 Å². The Morgan fingerprint density at radius 2 is 2.15 bits per heavy atom. The van der Waals surface area contributed by atoms with Gasteiger partial charge in [0, 0.05) is 17.4 Å². The first kappa shape index (κ1) is 13.9. The second kappa shape index (κ2) is 6.10. The lowest BCUT2D eigenvalue weighted by Gasteiger charge is -2.07. The van der Waals surface area contributed by atoms with Gasteiger partial charge in [-0.15, -0.1) is 0 Å². The van der Waals surface area contributed by atoms with E-state index in [-0.39, 0.29) is 5.56 Å². The largest absolute Gasteiger partial charge is 0.478 e. The molecule has 0 amide bonds. The number of carbonyl (C=O) groups is 1. The van der Waals surface area contributed by atoms with E-state index < -0.39 is 11.8 Å². The van der Waals surface area contributed by atoms with Crippen LogP contribution in [0.3, 0.4) is 0 Å². The zero-order valence-corrected chi connectivity index (χ0v) is 10.9. The Bertz CT molecular complexity index is 632. The number of aryl methyl sites for hydroxylation is 1. The Balaban J connectivity index is 2.19. The van der Waals surface area contributed by atoms with Gasteiger partial charge >= 0.3 is 5.97 Å². The summed E-state index contributed by atoms with van der Waals surface area (Å²) in [5, 5.41) is 11.7. The van der Waals surface area contributed by atoms with Gasteiger partial charge in [0.2, 0.25) is 0 Å². The molecule has 1 aromatic heterocycles. The van der Waals surface area contributed by atoms with Crippen molar-refractivity contribution in [2.24, 2.45) is 0 Å². The highest BCUT2D eigenvalue weighted by atomic mass is 19.1. The molecule has 0 atom stereocenters. The normalized spacial score (nSPS) is 10.3. The Morgan fingerprint density at radius 3 is 2.80 bits per heavy atom. The Hall–Kier alpha value is -2.50. The number of hydrogen-bond donors (Lipinski definition) is 2. The van der Waals surface area contributed by atoms with Crippen molar-refractivity contribution >= 4 is 17.5 Å². The molecular formula is C14H14FN3O2. The minimum absolute atomic E-state index is 0.357. The highest BCUT2D eigenvalue weighted by molar-refractivity contribution is 5.88. The van der Waals surface area contributed by atoms with E-state index in [4.69, 9.17) is 5.11 Å². The summed E-state index contributed by atoms with van der Waals surface area (Å²) >= 11 is 0. The SMILES string of the molecule is CCCc1cc(Nc2ccc(C(=O)O)c(F)c2)ncn1. The second-order valence-electron chi connectivity index (χ2n) is 4.27. The van der Waals surface area contributed by atoms with Crippen molar-refractivity contribution in [3.05, 3.63) is 47.7 Å². The van der Waals surface area contributed by atoms with Crippen LogP contribution in [0.25, 0.3) is 0 Å². The molecule has 0 radical (unpaired) electrons. The van der Waals surface area contributed by atoms with Gasteiger partial charge in [-0.2, -0.15) is 0 Å². The number of nitrogens with one attached hydrogen (secondary N) is 1. The standard InChI is InChI=1S/C14H14FN3O2/c1-2-3-9-7-13(17-8-16-9)18-10-4-5-11(14(19)20)12(15)6-10/h4-8H,2-3H2,1H3,(H,19,20)(H,16,17,18). The smallest absolute Gasteiger partial charge is 0.338 e. The van der Waals surface area contributed by atoms with E-state index in [0.29, 0.717) is 11.5 Å². The molecule has 0 aliphatic heterocycles. The van der Waals surface area contributed by atoms with Crippen LogP contribution in [0.2, 0.25) is 0 Å². The molecule has 5 nitrogen and oxygen atoms in total. The van der Waals surface area contributed by atoms with E-state index in [1.807, 2.05) is 0 Å². The first-order valence-corrected chi connectivity index (χ1v) is 6.21. The van der Waals surface area contributed by atoms with E-state index in [1.54, 1.807) is 6.07 Å². The molecule has 0 aliphatic carbocycles. The minimum atomic E-state index is -1.29. The van der Waals surface area contributed by atoms with Crippen molar-refractivity contribution in [2.75, 3.05) is 5.32 Å². The number of aromatic carboxylic acids is 1. The van der Waals surface area contributed by atoms with E-state index in [0.717, 1.165) is 24.6 Å². The van der Waals surface area contributed by atoms with Crippen LogP contribution in [0.5, 0.6) is 0 Å². The van der Waals surface area contributed by atoms with Gasteiger partial charge in [-0.25, -0.2) is 19.2 Å². The lowest BCUT2D eigenvalue weighted by molar-refractivity contribution is 0.0692. The molecule has 0 saturated heterocycles. The zero-order chi connectivity index (χ0) is 14.5. The lowest BCUT2D eigenvalue weighted by Crippen LogP contribution is -2.02.